The van der Waals surface area contributed by atoms with E-state index in [1.807, 2.05) is 67.6 Å². The quantitative estimate of drug-likeness (QED) is 0.522. The van der Waals surface area contributed by atoms with Gasteiger partial charge in [-0.05, 0) is 37.3 Å². The molecule has 4 aromatic rings. The summed E-state index contributed by atoms with van der Waals surface area (Å²) >= 11 is 0. The van der Waals surface area contributed by atoms with Crippen LogP contribution in [0.2, 0.25) is 0 Å². The maximum absolute atomic E-state index is 13.0. The molecule has 0 saturated heterocycles. The molecule has 0 aliphatic rings. The first kappa shape index (κ1) is 16.9. The molecule has 0 radical (unpaired) electrons. The van der Waals surface area contributed by atoms with Gasteiger partial charge in [0.25, 0.3) is 0 Å². The minimum absolute atomic E-state index is 0.0809. The van der Waals surface area contributed by atoms with Gasteiger partial charge in [-0.2, -0.15) is 0 Å². The molecule has 0 amide bonds. The van der Waals surface area contributed by atoms with Crippen molar-refractivity contribution in [2.24, 2.45) is 0 Å². The first-order valence-electron chi connectivity index (χ1n) is 8.68. The van der Waals surface area contributed by atoms with Crippen molar-refractivity contribution in [1.82, 2.24) is 0 Å². The van der Waals surface area contributed by atoms with Crippen LogP contribution in [0.3, 0.4) is 0 Å². The highest BCUT2D eigenvalue weighted by Gasteiger charge is 2.13. The SMILES string of the molecule is COc1ccccc1-c1coc2cc(Nc3ccc(C)cc3)ccc2c1=O. The molecule has 0 bridgehead atoms. The summed E-state index contributed by atoms with van der Waals surface area (Å²) < 4.78 is 11.1. The molecule has 4 heteroatoms. The lowest BCUT2D eigenvalue weighted by Crippen LogP contribution is -2.06. The van der Waals surface area contributed by atoms with Crippen LogP contribution < -0.4 is 15.5 Å². The van der Waals surface area contributed by atoms with E-state index in [2.05, 4.69) is 5.32 Å². The maximum atomic E-state index is 13.0. The lowest BCUT2D eigenvalue weighted by atomic mass is 10.0. The Kier molecular flexibility index (Phi) is 4.38. The molecule has 0 atom stereocenters. The van der Waals surface area contributed by atoms with Gasteiger partial charge in [0, 0.05) is 23.0 Å². The Hall–Kier alpha value is -3.53. The molecule has 4 nitrogen and oxygen atoms in total. The van der Waals surface area contributed by atoms with Crippen LogP contribution in [0.25, 0.3) is 22.1 Å². The summed E-state index contributed by atoms with van der Waals surface area (Å²) in [6, 6.07) is 21.0. The molecule has 1 N–H and O–H groups in total. The van der Waals surface area contributed by atoms with Crippen molar-refractivity contribution in [2.75, 3.05) is 12.4 Å². The van der Waals surface area contributed by atoms with E-state index in [9.17, 15) is 4.79 Å². The van der Waals surface area contributed by atoms with E-state index >= 15 is 0 Å². The Bertz CT molecular complexity index is 1160. The second-order valence-electron chi connectivity index (χ2n) is 6.38. The van der Waals surface area contributed by atoms with Gasteiger partial charge in [0.2, 0.25) is 5.43 Å². The number of benzene rings is 3. The number of methoxy groups -OCH3 is 1. The zero-order valence-corrected chi connectivity index (χ0v) is 15.2. The number of hydrogen-bond acceptors (Lipinski definition) is 4. The summed E-state index contributed by atoms with van der Waals surface area (Å²) in [5.41, 5.74) is 4.71. The van der Waals surface area contributed by atoms with Crippen LogP contribution in [0, 0.1) is 6.92 Å². The second kappa shape index (κ2) is 7.00. The molecule has 0 fully saturated rings. The van der Waals surface area contributed by atoms with Gasteiger partial charge in [-0.15, -0.1) is 0 Å². The Morgan fingerprint density at radius 2 is 1.63 bits per heavy atom. The highest BCUT2D eigenvalue weighted by Crippen LogP contribution is 2.29. The first-order valence-corrected chi connectivity index (χ1v) is 8.68. The largest absolute Gasteiger partial charge is 0.496 e. The monoisotopic (exact) mass is 357 g/mol. The van der Waals surface area contributed by atoms with Crippen LogP contribution in [-0.4, -0.2) is 7.11 Å². The summed E-state index contributed by atoms with van der Waals surface area (Å²) in [6.07, 6.45) is 1.50. The summed E-state index contributed by atoms with van der Waals surface area (Å²) in [5, 5.41) is 3.86. The minimum Gasteiger partial charge on any atom is -0.496 e. The van der Waals surface area contributed by atoms with Gasteiger partial charge in [-0.25, -0.2) is 0 Å². The fourth-order valence-corrected chi connectivity index (χ4v) is 3.06. The van der Waals surface area contributed by atoms with Crippen molar-refractivity contribution in [2.45, 2.75) is 6.92 Å². The summed E-state index contributed by atoms with van der Waals surface area (Å²) in [6.45, 7) is 2.05. The smallest absolute Gasteiger partial charge is 0.200 e. The molecule has 1 heterocycles. The number of aryl methyl sites for hydroxylation is 1. The van der Waals surface area contributed by atoms with Gasteiger partial charge in [0.15, 0.2) is 0 Å². The minimum atomic E-state index is -0.0809. The van der Waals surface area contributed by atoms with Crippen LogP contribution in [0.4, 0.5) is 11.4 Å². The third kappa shape index (κ3) is 3.29. The van der Waals surface area contributed by atoms with Crippen LogP contribution >= 0.6 is 0 Å². The molecule has 0 aliphatic carbocycles. The molecule has 27 heavy (non-hydrogen) atoms. The van der Waals surface area contributed by atoms with Crippen LogP contribution in [0.15, 0.2) is 82.2 Å². The Morgan fingerprint density at radius 1 is 0.889 bits per heavy atom. The predicted molar refractivity (Wildman–Crippen MR) is 109 cm³/mol. The van der Waals surface area contributed by atoms with Crippen molar-refractivity contribution >= 4 is 22.3 Å². The number of ether oxygens (including phenoxy) is 1. The molecule has 0 saturated carbocycles. The Balaban J connectivity index is 1.74. The predicted octanol–water partition coefficient (Wildman–Crippen LogP) is 5.52. The van der Waals surface area contributed by atoms with E-state index in [4.69, 9.17) is 9.15 Å². The summed E-state index contributed by atoms with van der Waals surface area (Å²) in [5.74, 6) is 0.641. The van der Waals surface area contributed by atoms with E-state index < -0.39 is 0 Å². The zero-order valence-electron chi connectivity index (χ0n) is 15.2. The second-order valence-corrected chi connectivity index (χ2v) is 6.38. The van der Waals surface area contributed by atoms with Crippen LogP contribution in [-0.2, 0) is 0 Å². The van der Waals surface area contributed by atoms with Gasteiger partial charge in [0.1, 0.15) is 17.6 Å². The third-order valence-electron chi connectivity index (χ3n) is 4.51. The molecule has 3 aromatic carbocycles. The highest BCUT2D eigenvalue weighted by molar-refractivity contribution is 5.85. The summed E-state index contributed by atoms with van der Waals surface area (Å²) in [7, 11) is 1.59. The number of fused-ring (bicyclic) bond motifs is 1. The summed E-state index contributed by atoms with van der Waals surface area (Å²) in [4.78, 5) is 13.0. The molecule has 0 aliphatic heterocycles. The highest BCUT2D eigenvalue weighted by atomic mass is 16.5. The van der Waals surface area contributed by atoms with Crippen molar-refractivity contribution in [1.29, 1.82) is 0 Å². The topological polar surface area (TPSA) is 51.5 Å². The van der Waals surface area contributed by atoms with Crippen molar-refractivity contribution in [3.8, 4) is 16.9 Å². The number of para-hydroxylation sites is 1. The lowest BCUT2D eigenvalue weighted by molar-refractivity contribution is 0.416. The van der Waals surface area contributed by atoms with E-state index in [1.165, 1.54) is 11.8 Å². The van der Waals surface area contributed by atoms with Gasteiger partial charge in [-0.1, -0.05) is 35.9 Å². The van der Waals surface area contributed by atoms with Gasteiger partial charge >= 0.3 is 0 Å². The number of anilines is 2. The average molecular weight is 357 g/mol. The van der Waals surface area contributed by atoms with Crippen molar-refractivity contribution in [3.63, 3.8) is 0 Å². The van der Waals surface area contributed by atoms with Crippen molar-refractivity contribution in [3.05, 3.63) is 88.8 Å². The van der Waals surface area contributed by atoms with Gasteiger partial charge < -0.3 is 14.5 Å². The number of nitrogens with one attached hydrogen (secondary N) is 1. The average Bonchev–Trinajstić information content (AvgIpc) is 2.70. The number of rotatable bonds is 4. The van der Waals surface area contributed by atoms with Crippen LogP contribution in [0.5, 0.6) is 5.75 Å². The normalized spacial score (nSPS) is 10.7. The molecule has 0 spiro atoms. The molecule has 134 valence electrons. The Labute approximate surface area is 157 Å². The van der Waals surface area contributed by atoms with E-state index in [-0.39, 0.29) is 5.43 Å². The first-order chi connectivity index (χ1) is 13.2. The van der Waals surface area contributed by atoms with E-state index in [0.29, 0.717) is 22.3 Å². The third-order valence-corrected chi connectivity index (χ3v) is 4.51. The molecule has 1 aromatic heterocycles. The molecular weight excluding hydrogens is 338 g/mol. The fraction of sp³-hybridized carbons (Fsp3) is 0.0870. The van der Waals surface area contributed by atoms with E-state index in [1.54, 1.807) is 13.2 Å². The lowest BCUT2D eigenvalue weighted by Gasteiger charge is -2.10. The zero-order chi connectivity index (χ0) is 18.8. The standard InChI is InChI=1S/C23H19NO3/c1-15-7-9-16(10-8-15)24-17-11-12-19-22(13-17)27-14-20(23(19)25)18-5-3-4-6-21(18)26-2/h3-14,24H,1-2H3. The molecule has 4 rings (SSSR count). The molecular formula is C23H19NO3. The maximum Gasteiger partial charge on any atom is 0.200 e. The van der Waals surface area contributed by atoms with Crippen LogP contribution in [0.1, 0.15) is 5.56 Å². The molecule has 0 unspecified atom stereocenters. The van der Waals surface area contributed by atoms with Crippen molar-refractivity contribution < 1.29 is 9.15 Å². The van der Waals surface area contributed by atoms with E-state index in [0.717, 1.165) is 16.9 Å². The fourth-order valence-electron chi connectivity index (χ4n) is 3.06. The van der Waals surface area contributed by atoms with Gasteiger partial charge in [-0.3, -0.25) is 4.79 Å². The van der Waals surface area contributed by atoms with Gasteiger partial charge in [0.05, 0.1) is 18.1 Å². The number of hydrogen-bond donors (Lipinski definition) is 1. The Morgan fingerprint density at radius 3 is 2.41 bits per heavy atom.